The summed E-state index contributed by atoms with van der Waals surface area (Å²) in [5.41, 5.74) is 6.43. The predicted molar refractivity (Wildman–Crippen MR) is 119 cm³/mol. The molecule has 0 radical (unpaired) electrons. The van der Waals surface area contributed by atoms with Crippen LogP contribution in [0.4, 0.5) is 10.1 Å². The topological polar surface area (TPSA) is 38.9 Å². The average Bonchev–Trinajstić information content (AvgIpc) is 3.51. The van der Waals surface area contributed by atoms with Gasteiger partial charge in [0.1, 0.15) is 5.82 Å². The maximum absolute atomic E-state index is 14.8. The number of anilines is 1. The Morgan fingerprint density at radius 1 is 0.968 bits per heavy atom. The van der Waals surface area contributed by atoms with E-state index in [0.29, 0.717) is 5.92 Å². The summed E-state index contributed by atoms with van der Waals surface area (Å²) >= 11 is 0. The number of fused-ring (bicyclic) bond motifs is 3. The highest BCUT2D eigenvalue weighted by molar-refractivity contribution is 5.69. The number of halogens is 1. The molecule has 6 rings (SSSR count). The van der Waals surface area contributed by atoms with Crippen LogP contribution in [-0.2, 0) is 7.05 Å². The van der Waals surface area contributed by atoms with Crippen molar-refractivity contribution in [1.82, 2.24) is 19.3 Å². The van der Waals surface area contributed by atoms with E-state index in [1.807, 2.05) is 42.7 Å². The smallest absolute Gasteiger partial charge is 0.129 e. The molecule has 0 bridgehead atoms. The molecule has 5 nitrogen and oxygen atoms in total. The minimum Gasteiger partial charge on any atom is -0.372 e. The van der Waals surface area contributed by atoms with Crippen LogP contribution < -0.4 is 4.90 Å². The molecular weight excluding hydrogens is 389 g/mol. The van der Waals surface area contributed by atoms with Gasteiger partial charge in [-0.2, -0.15) is 5.10 Å². The van der Waals surface area contributed by atoms with Crippen LogP contribution in [0.3, 0.4) is 0 Å². The van der Waals surface area contributed by atoms with Gasteiger partial charge in [-0.25, -0.2) is 9.37 Å². The van der Waals surface area contributed by atoms with E-state index in [4.69, 9.17) is 0 Å². The summed E-state index contributed by atoms with van der Waals surface area (Å²) < 4.78 is 18.8. The molecule has 1 saturated heterocycles. The fraction of sp³-hybridized carbons (Fsp3) is 0.280. The van der Waals surface area contributed by atoms with Gasteiger partial charge in [-0.15, -0.1) is 0 Å². The first-order valence-electron chi connectivity index (χ1n) is 10.8. The number of aromatic nitrogens is 4. The number of piperidine rings is 1. The molecule has 31 heavy (non-hydrogen) atoms. The molecule has 2 aromatic heterocycles. The Hall–Kier alpha value is -3.41. The highest BCUT2D eigenvalue weighted by Crippen LogP contribution is 2.46. The van der Waals surface area contributed by atoms with Gasteiger partial charge in [0, 0.05) is 48.7 Å². The highest BCUT2D eigenvalue weighted by Gasteiger charge is 2.37. The lowest BCUT2D eigenvalue weighted by Gasteiger charge is -2.37. The number of aryl methyl sites for hydroxylation is 1. The van der Waals surface area contributed by atoms with Crippen LogP contribution in [0.1, 0.15) is 24.4 Å². The quantitative estimate of drug-likeness (QED) is 0.479. The summed E-state index contributed by atoms with van der Waals surface area (Å²) in [4.78, 5) is 6.78. The van der Waals surface area contributed by atoms with Crippen molar-refractivity contribution in [3.05, 3.63) is 78.8 Å². The van der Waals surface area contributed by atoms with E-state index in [1.54, 1.807) is 12.1 Å². The monoisotopic (exact) mass is 413 g/mol. The molecule has 1 atom stereocenters. The van der Waals surface area contributed by atoms with E-state index in [0.717, 1.165) is 48.3 Å². The van der Waals surface area contributed by atoms with Crippen molar-refractivity contribution >= 4 is 5.69 Å². The Bertz CT molecular complexity index is 1230. The molecule has 0 spiro atoms. The first kappa shape index (κ1) is 18.4. The molecule has 156 valence electrons. The summed E-state index contributed by atoms with van der Waals surface area (Å²) in [5.74, 6) is 0.302. The molecule has 2 aliphatic heterocycles. The zero-order valence-electron chi connectivity index (χ0n) is 17.4. The van der Waals surface area contributed by atoms with E-state index >= 15 is 0 Å². The van der Waals surface area contributed by atoms with Crippen LogP contribution in [0.2, 0.25) is 0 Å². The van der Waals surface area contributed by atoms with E-state index < -0.39 is 0 Å². The van der Waals surface area contributed by atoms with Gasteiger partial charge < -0.3 is 9.47 Å². The molecule has 0 saturated carbocycles. The van der Waals surface area contributed by atoms with E-state index in [2.05, 4.69) is 43.8 Å². The number of hydrogen-bond acceptors (Lipinski definition) is 3. The van der Waals surface area contributed by atoms with Crippen LogP contribution in [0, 0.1) is 11.7 Å². The average molecular weight is 414 g/mol. The molecule has 0 amide bonds. The van der Waals surface area contributed by atoms with Gasteiger partial charge in [-0.05, 0) is 42.5 Å². The number of imidazole rings is 1. The zero-order valence-corrected chi connectivity index (χ0v) is 17.4. The molecule has 0 aliphatic carbocycles. The molecule has 6 heteroatoms. The molecular formula is C25H24FN5. The van der Waals surface area contributed by atoms with Gasteiger partial charge in [0.25, 0.3) is 0 Å². The number of hydrogen-bond donors (Lipinski definition) is 0. The standard InChI is InChI=1S/C25H24FN5/c1-29-15-19(13-28-29)17-5-7-20(8-6-17)30-11-9-18(10-12-30)25-24-21(3-2-4-22(24)26)23-14-27-16-31(23)25/h2-8,13-16,18,25H,9-12H2,1H3/t25-/m1/s1. The summed E-state index contributed by atoms with van der Waals surface area (Å²) in [7, 11) is 1.93. The number of nitrogens with zero attached hydrogens (tertiary/aromatic N) is 5. The maximum atomic E-state index is 14.8. The Morgan fingerprint density at radius 3 is 2.52 bits per heavy atom. The first-order valence-corrected chi connectivity index (χ1v) is 10.8. The third kappa shape index (κ3) is 2.97. The summed E-state index contributed by atoms with van der Waals surface area (Å²) in [6, 6.07) is 14.2. The Morgan fingerprint density at radius 2 is 1.77 bits per heavy atom. The van der Waals surface area contributed by atoms with Crippen LogP contribution in [0.25, 0.3) is 22.4 Å². The van der Waals surface area contributed by atoms with Gasteiger partial charge in [0.2, 0.25) is 0 Å². The minimum absolute atomic E-state index is 0.0452. The van der Waals surface area contributed by atoms with Gasteiger partial charge in [0.15, 0.2) is 0 Å². The van der Waals surface area contributed by atoms with Crippen molar-refractivity contribution in [1.29, 1.82) is 0 Å². The Kier molecular flexibility index (Phi) is 4.19. The summed E-state index contributed by atoms with van der Waals surface area (Å²) in [6.07, 6.45) is 9.70. The number of benzene rings is 2. The normalized spacial score (nSPS) is 18.3. The zero-order chi connectivity index (χ0) is 20.9. The first-order chi connectivity index (χ1) is 15.2. The third-order valence-corrected chi connectivity index (χ3v) is 6.85. The molecule has 1 fully saturated rings. The fourth-order valence-corrected chi connectivity index (χ4v) is 5.31. The predicted octanol–water partition coefficient (Wildman–Crippen LogP) is 4.91. The van der Waals surface area contributed by atoms with Crippen LogP contribution >= 0.6 is 0 Å². The van der Waals surface area contributed by atoms with Gasteiger partial charge in [0.05, 0.1) is 30.5 Å². The second-order valence-electron chi connectivity index (χ2n) is 8.61. The van der Waals surface area contributed by atoms with E-state index in [1.165, 1.54) is 11.3 Å². The van der Waals surface area contributed by atoms with Crippen molar-refractivity contribution in [2.75, 3.05) is 18.0 Å². The number of rotatable bonds is 3. The molecule has 4 heterocycles. The molecule has 0 unspecified atom stereocenters. The maximum Gasteiger partial charge on any atom is 0.129 e. The highest BCUT2D eigenvalue weighted by atomic mass is 19.1. The van der Waals surface area contributed by atoms with Gasteiger partial charge in [-0.3, -0.25) is 4.68 Å². The van der Waals surface area contributed by atoms with Gasteiger partial charge >= 0.3 is 0 Å². The summed E-state index contributed by atoms with van der Waals surface area (Å²) in [6.45, 7) is 1.95. The van der Waals surface area contributed by atoms with Crippen molar-refractivity contribution in [3.63, 3.8) is 0 Å². The molecule has 0 N–H and O–H groups in total. The minimum atomic E-state index is -0.0976. The Balaban J connectivity index is 1.20. The second-order valence-corrected chi connectivity index (χ2v) is 8.61. The van der Waals surface area contributed by atoms with Gasteiger partial charge in [-0.1, -0.05) is 24.3 Å². The molecule has 2 aliphatic rings. The second kappa shape index (κ2) is 7.08. The SMILES string of the molecule is Cn1cc(-c2ccc(N3CCC([C@@H]4c5c(F)cccc5-c5cncn54)CC3)cc2)cn1. The van der Waals surface area contributed by atoms with Crippen LogP contribution in [-0.4, -0.2) is 32.4 Å². The fourth-order valence-electron chi connectivity index (χ4n) is 5.31. The lowest BCUT2D eigenvalue weighted by molar-refractivity contribution is 0.312. The molecule has 2 aromatic carbocycles. The van der Waals surface area contributed by atoms with E-state index in [9.17, 15) is 4.39 Å². The van der Waals surface area contributed by atoms with Crippen LogP contribution in [0.5, 0.6) is 0 Å². The summed E-state index contributed by atoms with van der Waals surface area (Å²) in [5, 5.41) is 4.26. The van der Waals surface area contributed by atoms with Crippen molar-refractivity contribution in [3.8, 4) is 22.4 Å². The van der Waals surface area contributed by atoms with Crippen molar-refractivity contribution in [2.45, 2.75) is 18.9 Å². The largest absolute Gasteiger partial charge is 0.372 e. The van der Waals surface area contributed by atoms with Crippen molar-refractivity contribution < 1.29 is 4.39 Å². The van der Waals surface area contributed by atoms with Crippen LogP contribution in [0.15, 0.2) is 67.4 Å². The molecule has 4 aromatic rings. The third-order valence-electron chi connectivity index (χ3n) is 6.85. The Labute approximate surface area is 180 Å². The van der Waals surface area contributed by atoms with Crippen molar-refractivity contribution in [2.24, 2.45) is 13.0 Å². The lowest BCUT2D eigenvalue weighted by atomic mass is 9.85. The lowest BCUT2D eigenvalue weighted by Crippen LogP contribution is -2.36. The van der Waals surface area contributed by atoms with E-state index in [-0.39, 0.29) is 11.9 Å².